The number of aromatic hydroxyl groups is 1. The van der Waals surface area contributed by atoms with Crippen molar-refractivity contribution in [1.29, 1.82) is 5.26 Å². The van der Waals surface area contributed by atoms with Gasteiger partial charge in [0.1, 0.15) is 17.8 Å². The van der Waals surface area contributed by atoms with E-state index in [0.717, 1.165) is 11.1 Å². The van der Waals surface area contributed by atoms with Crippen molar-refractivity contribution in [1.82, 2.24) is 24.5 Å². The number of benzene rings is 1. The molecule has 184 valence electrons. The molecule has 3 heterocycles. The Balaban J connectivity index is 1.92. The van der Waals surface area contributed by atoms with Gasteiger partial charge in [-0.1, -0.05) is 30.3 Å². The van der Waals surface area contributed by atoms with Gasteiger partial charge in [0.2, 0.25) is 5.75 Å². The summed E-state index contributed by atoms with van der Waals surface area (Å²) in [7, 11) is 1.79. The van der Waals surface area contributed by atoms with Crippen molar-refractivity contribution in [2.75, 3.05) is 5.32 Å². The summed E-state index contributed by atoms with van der Waals surface area (Å²) < 4.78 is 7.75. The van der Waals surface area contributed by atoms with Gasteiger partial charge in [0.15, 0.2) is 5.69 Å². The minimum absolute atomic E-state index is 0.250. The largest absolute Gasteiger partial charge is 0.501 e. The van der Waals surface area contributed by atoms with E-state index in [1.165, 1.54) is 17.0 Å². The van der Waals surface area contributed by atoms with Crippen molar-refractivity contribution in [2.45, 2.75) is 38.6 Å². The molecule has 4 rings (SSSR count). The number of aromatic nitrogens is 5. The van der Waals surface area contributed by atoms with E-state index >= 15 is 0 Å². The number of carbonyl (C=O) groups is 1. The number of hydrogen-bond donors (Lipinski definition) is 2. The van der Waals surface area contributed by atoms with Gasteiger partial charge in [-0.25, -0.2) is 4.98 Å². The highest BCUT2D eigenvalue weighted by atomic mass is 16.5. The van der Waals surface area contributed by atoms with Gasteiger partial charge < -0.3 is 14.9 Å². The molecule has 2 N–H and O–H groups in total. The molecule has 1 aromatic carbocycles. The minimum Gasteiger partial charge on any atom is -0.501 e. The Bertz CT molecular complexity index is 1500. The normalized spacial score (nSPS) is 12.8. The molecule has 0 bridgehead atoms. The van der Waals surface area contributed by atoms with Crippen LogP contribution in [0.4, 0.5) is 5.69 Å². The monoisotopic (exact) mass is 487 g/mol. The molecule has 0 aliphatic rings. The first-order valence-electron chi connectivity index (χ1n) is 11.3. The highest BCUT2D eigenvalue weighted by Gasteiger charge is 2.32. The van der Waals surface area contributed by atoms with Crippen molar-refractivity contribution in [2.24, 2.45) is 7.05 Å². The predicted octanol–water partition coefficient (Wildman–Crippen LogP) is 3.31. The van der Waals surface area contributed by atoms with Crippen LogP contribution in [0.3, 0.4) is 0 Å². The SMILES string of the molecule is CC(C)n1c([C@H](C)[C@H](c2cnn(C)c2)c2ccccc2C#N)nc(C(=O)Nc2cnoc2)c(O)c1=O. The van der Waals surface area contributed by atoms with E-state index in [9.17, 15) is 20.0 Å². The Kier molecular flexibility index (Phi) is 6.69. The second-order valence-electron chi connectivity index (χ2n) is 8.72. The van der Waals surface area contributed by atoms with Crippen LogP contribution in [-0.2, 0) is 7.05 Å². The number of hydrogen-bond acceptors (Lipinski definition) is 8. The molecule has 0 saturated carbocycles. The second-order valence-corrected chi connectivity index (χ2v) is 8.72. The molecular weight excluding hydrogens is 462 g/mol. The zero-order chi connectivity index (χ0) is 26.0. The van der Waals surface area contributed by atoms with Crippen molar-refractivity contribution in [3.8, 4) is 11.8 Å². The fourth-order valence-electron chi connectivity index (χ4n) is 4.33. The summed E-state index contributed by atoms with van der Waals surface area (Å²) in [5, 5.41) is 30.8. The molecule has 0 saturated heterocycles. The summed E-state index contributed by atoms with van der Waals surface area (Å²) in [5.41, 5.74) is 1.10. The molecule has 1 amide bonds. The molecule has 0 aliphatic carbocycles. The third kappa shape index (κ3) is 4.48. The summed E-state index contributed by atoms with van der Waals surface area (Å²) >= 11 is 0. The van der Waals surface area contributed by atoms with E-state index in [1.807, 2.05) is 25.3 Å². The van der Waals surface area contributed by atoms with Crippen LogP contribution in [0.2, 0.25) is 0 Å². The summed E-state index contributed by atoms with van der Waals surface area (Å²) in [6, 6.07) is 9.06. The lowest BCUT2D eigenvalue weighted by Crippen LogP contribution is -2.32. The van der Waals surface area contributed by atoms with E-state index in [1.54, 1.807) is 43.9 Å². The highest BCUT2D eigenvalue weighted by Crippen LogP contribution is 2.39. The maximum absolute atomic E-state index is 13.3. The summed E-state index contributed by atoms with van der Waals surface area (Å²) in [4.78, 5) is 30.7. The molecule has 0 unspecified atom stereocenters. The topological polar surface area (TPSA) is 152 Å². The van der Waals surface area contributed by atoms with E-state index < -0.39 is 34.7 Å². The zero-order valence-corrected chi connectivity index (χ0v) is 20.2. The Morgan fingerprint density at radius 3 is 2.58 bits per heavy atom. The van der Waals surface area contributed by atoms with Gasteiger partial charge in [-0.3, -0.25) is 18.8 Å². The first kappa shape index (κ1) is 24.4. The first-order chi connectivity index (χ1) is 17.2. The molecule has 0 aliphatic heterocycles. The maximum atomic E-state index is 13.3. The number of carbonyl (C=O) groups excluding carboxylic acids is 1. The Labute approximate surface area is 206 Å². The van der Waals surface area contributed by atoms with Gasteiger partial charge in [-0.05, 0) is 31.0 Å². The van der Waals surface area contributed by atoms with E-state index in [2.05, 4.69) is 26.6 Å². The number of nitrogens with zero attached hydrogens (tertiary/aromatic N) is 6. The number of rotatable bonds is 7. The lowest BCUT2D eigenvalue weighted by Gasteiger charge is -2.28. The van der Waals surface area contributed by atoms with Crippen LogP contribution in [0, 0.1) is 11.3 Å². The fraction of sp³-hybridized carbons (Fsp3) is 0.280. The average Bonchev–Trinajstić information content (AvgIpc) is 3.52. The second kappa shape index (κ2) is 9.87. The van der Waals surface area contributed by atoms with Crippen LogP contribution in [0.5, 0.6) is 5.75 Å². The molecule has 4 aromatic rings. The standard InChI is InChI=1S/C25H25N7O4/c1-14(2)32-23(30-21(22(33)25(32)35)24(34)29-18-11-28-36-13-18)15(3)20(17-10-27-31(4)12-17)19-8-6-5-7-16(19)9-26/h5-8,10-15,20,33H,1-4H3,(H,29,34)/t15-,20-/m1/s1. The van der Waals surface area contributed by atoms with Crippen LogP contribution >= 0.6 is 0 Å². The molecule has 0 spiro atoms. The highest BCUT2D eigenvalue weighted by molar-refractivity contribution is 6.04. The van der Waals surface area contributed by atoms with Crippen LogP contribution in [-0.4, -0.2) is 35.5 Å². The number of amides is 1. The smallest absolute Gasteiger partial charge is 0.296 e. The molecule has 0 fully saturated rings. The summed E-state index contributed by atoms with van der Waals surface area (Å²) in [6.45, 7) is 5.45. The van der Waals surface area contributed by atoms with E-state index in [-0.39, 0.29) is 17.6 Å². The predicted molar refractivity (Wildman–Crippen MR) is 130 cm³/mol. The first-order valence-corrected chi connectivity index (χ1v) is 11.3. The van der Waals surface area contributed by atoms with Gasteiger partial charge in [0.25, 0.3) is 11.5 Å². The van der Waals surface area contributed by atoms with Crippen LogP contribution in [0.1, 0.15) is 71.7 Å². The van der Waals surface area contributed by atoms with E-state index in [4.69, 9.17) is 4.52 Å². The van der Waals surface area contributed by atoms with E-state index in [0.29, 0.717) is 5.56 Å². The number of nitriles is 1. The van der Waals surface area contributed by atoms with Gasteiger partial charge in [-0.15, -0.1) is 0 Å². The van der Waals surface area contributed by atoms with Crippen molar-refractivity contribution >= 4 is 11.6 Å². The molecule has 36 heavy (non-hydrogen) atoms. The van der Waals surface area contributed by atoms with Crippen LogP contribution < -0.4 is 10.9 Å². The van der Waals surface area contributed by atoms with Crippen LogP contribution in [0.25, 0.3) is 0 Å². The molecule has 0 radical (unpaired) electrons. The molecule has 11 nitrogen and oxygen atoms in total. The Morgan fingerprint density at radius 1 is 1.22 bits per heavy atom. The third-order valence-electron chi connectivity index (χ3n) is 5.95. The van der Waals surface area contributed by atoms with Gasteiger partial charge >= 0.3 is 0 Å². The van der Waals surface area contributed by atoms with Gasteiger partial charge in [-0.2, -0.15) is 10.4 Å². The number of nitrogens with one attached hydrogen (secondary N) is 1. The molecular formula is C25H25N7O4. The Hall–Kier alpha value is -4.72. The van der Waals surface area contributed by atoms with Crippen LogP contribution in [0.15, 0.2) is 58.4 Å². The Morgan fingerprint density at radius 2 is 1.97 bits per heavy atom. The van der Waals surface area contributed by atoms with Crippen molar-refractivity contribution in [3.63, 3.8) is 0 Å². The summed E-state index contributed by atoms with van der Waals surface area (Å²) in [5.74, 6) is -2.19. The molecule has 2 atom stereocenters. The maximum Gasteiger partial charge on any atom is 0.296 e. The number of anilines is 1. The quantitative estimate of drug-likeness (QED) is 0.403. The van der Waals surface area contributed by atoms with Crippen molar-refractivity contribution < 1.29 is 14.4 Å². The molecule has 11 heteroatoms. The minimum atomic E-state index is -0.785. The number of aryl methyl sites for hydroxylation is 1. The zero-order valence-electron chi connectivity index (χ0n) is 20.2. The average molecular weight is 488 g/mol. The lowest BCUT2D eigenvalue weighted by molar-refractivity contribution is 0.101. The third-order valence-corrected chi connectivity index (χ3v) is 5.95. The van der Waals surface area contributed by atoms with Crippen molar-refractivity contribution in [3.05, 3.63) is 87.7 Å². The molecule has 3 aromatic heterocycles. The summed E-state index contributed by atoms with van der Waals surface area (Å²) in [6.07, 6.45) is 6.04. The van der Waals surface area contributed by atoms with Gasteiger partial charge in [0.05, 0.1) is 24.0 Å². The van der Waals surface area contributed by atoms with Gasteiger partial charge in [0, 0.05) is 31.1 Å². The fourth-order valence-corrected chi connectivity index (χ4v) is 4.33. The lowest BCUT2D eigenvalue weighted by atomic mass is 9.80.